The predicted molar refractivity (Wildman–Crippen MR) is 164 cm³/mol. The Hall–Kier alpha value is -3.35. The standard InChI is InChI=1S/C31H35F2N5O3S/c1-36-8-10-38(11-9-36)29-18-21(6-7-30(29)41-2)28-19-34-27-5-3-4-23(31(27)35-28)22-16-25(32)24(26(33)17-22)20-37-12-14-42(39,40)15-13-37/h3-7,16-19,39-40H,8-15,20H2,1-2H3. The molecule has 0 aliphatic carbocycles. The van der Waals surface area contributed by atoms with Gasteiger partial charge in [0.05, 0.1) is 47.2 Å². The molecular formula is C31H35F2N5O3S. The summed E-state index contributed by atoms with van der Waals surface area (Å²) in [4.78, 5) is 16.0. The van der Waals surface area contributed by atoms with Crippen LogP contribution in [0.3, 0.4) is 0 Å². The molecule has 0 spiro atoms. The zero-order valence-electron chi connectivity index (χ0n) is 23.8. The summed E-state index contributed by atoms with van der Waals surface area (Å²) in [5, 5.41) is 0. The van der Waals surface area contributed by atoms with E-state index >= 15 is 8.78 Å². The van der Waals surface area contributed by atoms with Crippen LogP contribution in [0.1, 0.15) is 5.56 Å². The van der Waals surface area contributed by atoms with E-state index in [0.29, 0.717) is 40.9 Å². The number of hydrogen-bond acceptors (Lipinski definition) is 8. The average Bonchev–Trinajstić information content (AvgIpc) is 2.99. The van der Waals surface area contributed by atoms with Crippen LogP contribution in [-0.2, 0) is 6.54 Å². The van der Waals surface area contributed by atoms with E-state index in [1.807, 2.05) is 23.1 Å². The largest absolute Gasteiger partial charge is 0.495 e. The highest BCUT2D eigenvalue weighted by Gasteiger charge is 2.25. The Kier molecular flexibility index (Phi) is 8.03. The van der Waals surface area contributed by atoms with E-state index < -0.39 is 22.2 Å². The number of aromatic nitrogens is 2. The number of ether oxygens (including phenoxy) is 1. The maximum atomic E-state index is 15.3. The topological polar surface area (TPSA) is 85.2 Å². The van der Waals surface area contributed by atoms with Crippen LogP contribution in [0.5, 0.6) is 5.75 Å². The molecule has 2 fully saturated rings. The third-order valence-electron chi connectivity index (χ3n) is 8.19. The number of methoxy groups -OCH3 is 1. The number of benzene rings is 3. The van der Waals surface area contributed by atoms with Gasteiger partial charge in [-0.3, -0.25) is 19.0 Å². The lowest BCUT2D eigenvalue weighted by Gasteiger charge is -2.41. The summed E-state index contributed by atoms with van der Waals surface area (Å²) < 4.78 is 56.1. The first kappa shape index (κ1) is 28.8. The molecule has 6 rings (SSSR count). The van der Waals surface area contributed by atoms with Crippen molar-refractivity contribution in [2.24, 2.45) is 0 Å². The number of halogens is 2. The van der Waals surface area contributed by atoms with Gasteiger partial charge in [-0.1, -0.05) is 12.1 Å². The summed E-state index contributed by atoms with van der Waals surface area (Å²) in [5.41, 5.74) is 4.65. The second-order valence-corrected chi connectivity index (χ2v) is 13.4. The van der Waals surface area contributed by atoms with Crippen LogP contribution in [0.15, 0.2) is 54.7 Å². The first-order valence-electron chi connectivity index (χ1n) is 14.0. The minimum atomic E-state index is -2.58. The first-order valence-corrected chi connectivity index (χ1v) is 15.9. The lowest BCUT2D eigenvalue weighted by atomic mass is 10.0. The van der Waals surface area contributed by atoms with Crippen LogP contribution >= 0.6 is 10.6 Å². The first-order chi connectivity index (χ1) is 20.2. The van der Waals surface area contributed by atoms with E-state index in [2.05, 4.69) is 27.9 Å². The highest BCUT2D eigenvalue weighted by atomic mass is 32.3. The number of anilines is 1. The van der Waals surface area contributed by atoms with Crippen molar-refractivity contribution in [1.29, 1.82) is 0 Å². The fourth-order valence-electron chi connectivity index (χ4n) is 5.60. The molecule has 2 saturated heterocycles. The second-order valence-electron chi connectivity index (χ2n) is 11.0. The van der Waals surface area contributed by atoms with Gasteiger partial charge in [-0.25, -0.2) is 13.8 Å². The van der Waals surface area contributed by atoms with Crippen molar-refractivity contribution >= 4 is 27.3 Å². The summed E-state index contributed by atoms with van der Waals surface area (Å²) in [6.07, 6.45) is 1.72. The van der Waals surface area contributed by atoms with Gasteiger partial charge in [0.1, 0.15) is 17.4 Å². The Morgan fingerprint density at radius 3 is 2.31 bits per heavy atom. The smallest absolute Gasteiger partial charge is 0.142 e. The van der Waals surface area contributed by atoms with Gasteiger partial charge < -0.3 is 14.5 Å². The average molecular weight is 596 g/mol. The van der Waals surface area contributed by atoms with E-state index in [9.17, 15) is 9.11 Å². The maximum absolute atomic E-state index is 15.3. The number of fused-ring (bicyclic) bond motifs is 1. The lowest BCUT2D eigenvalue weighted by Crippen LogP contribution is -2.44. The maximum Gasteiger partial charge on any atom is 0.142 e. The fourth-order valence-corrected chi connectivity index (χ4v) is 6.91. The van der Waals surface area contributed by atoms with Crippen LogP contribution in [-0.4, -0.2) is 93.8 Å². The monoisotopic (exact) mass is 595 g/mol. The van der Waals surface area contributed by atoms with Gasteiger partial charge in [0.15, 0.2) is 0 Å². The quantitative estimate of drug-likeness (QED) is 0.300. The van der Waals surface area contributed by atoms with Crippen molar-refractivity contribution in [1.82, 2.24) is 19.8 Å². The second kappa shape index (κ2) is 11.7. The molecule has 4 aromatic rings. The lowest BCUT2D eigenvalue weighted by molar-refractivity contribution is 0.270. The van der Waals surface area contributed by atoms with E-state index in [0.717, 1.165) is 43.2 Å². The van der Waals surface area contributed by atoms with Gasteiger partial charge in [-0.05, 0) is 49.0 Å². The van der Waals surface area contributed by atoms with Gasteiger partial charge >= 0.3 is 0 Å². The molecule has 1 aromatic heterocycles. The highest BCUT2D eigenvalue weighted by molar-refractivity contribution is 8.24. The zero-order valence-corrected chi connectivity index (χ0v) is 24.6. The van der Waals surface area contributed by atoms with E-state index in [1.165, 1.54) is 12.1 Å². The number of hydrogen-bond donors (Lipinski definition) is 2. The molecule has 0 radical (unpaired) electrons. The third-order valence-corrected chi connectivity index (χ3v) is 9.87. The van der Waals surface area contributed by atoms with Crippen LogP contribution in [0.2, 0.25) is 0 Å². The molecule has 0 amide bonds. The molecule has 11 heteroatoms. The van der Waals surface area contributed by atoms with Crippen molar-refractivity contribution in [3.63, 3.8) is 0 Å². The number of nitrogens with zero attached hydrogens (tertiary/aromatic N) is 5. The molecule has 3 heterocycles. The normalized spacial score (nSPS) is 18.8. The Bertz CT molecular complexity index is 1580. The van der Waals surface area contributed by atoms with Crippen LogP contribution in [0, 0.1) is 11.6 Å². The molecule has 2 aliphatic heterocycles. The van der Waals surface area contributed by atoms with Crippen molar-refractivity contribution in [3.8, 4) is 28.1 Å². The summed E-state index contributed by atoms with van der Waals surface area (Å²) in [7, 11) is 1.20. The molecule has 0 unspecified atom stereocenters. The van der Waals surface area contributed by atoms with E-state index in [1.54, 1.807) is 25.4 Å². The van der Waals surface area contributed by atoms with Crippen molar-refractivity contribution in [3.05, 3.63) is 71.9 Å². The van der Waals surface area contributed by atoms with Crippen LogP contribution in [0.4, 0.5) is 14.5 Å². The number of likely N-dealkylation sites (N-methyl/N-ethyl adjacent to an activating group) is 1. The number of rotatable bonds is 6. The van der Waals surface area contributed by atoms with Crippen molar-refractivity contribution in [2.45, 2.75) is 6.54 Å². The Labute approximate surface area is 245 Å². The number of piperazine rings is 1. The molecule has 222 valence electrons. The summed E-state index contributed by atoms with van der Waals surface area (Å²) in [6, 6.07) is 14.1. The molecule has 0 saturated carbocycles. The minimum Gasteiger partial charge on any atom is -0.495 e. The fraction of sp³-hybridized carbons (Fsp3) is 0.355. The summed E-state index contributed by atoms with van der Waals surface area (Å²) >= 11 is 0. The Morgan fingerprint density at radius 2 is 1.62 bits per heavy atom. The van der Waals surface area contributed by atoms with Gasteiger partial charge in [-0.2, -0.15) is 10.6 Å². The van der Waals surface area contributed by atoms with Gasteiger partial charge in [0, 0.05) is 62.5 Å². The minimum absolute atomic E-state index is 0.0289. The van der Waals surface area contributed by atoms with E-state index in [4.69, 9.17) is 9.72 Å². The Balaban J connectivity index is 1.33. The molecule has 0 bridgehead atoms. The summed E-state index contributed by atoms with van der Waals surface area (Å²) in [6.45, 7) is 4.53. The molecule has 3 aromatic carbocycles. The molecule has 0 atom stereocenters. The van der Waals surface area contributed by atoms with Gasteiger partial charge in [0.2, 0.25) is 0 Å². The predicted octanol–water partition coefficient (Wildman–Crippen LogP) is 5.57. The van der Waals surface area contributed by atoms with E-state index in [-0.39, 0.29) is 23.6 Å². The Morgan fingerprint density at radius 1 is 0.905 bits per heavy atom. The molecule has 2 N–H and O–H groups in total. The summed E-state index contributed by atoms with van der Waals surface area (Å²) in [5.74, 6) is -0.0561. The van der Waals surface area contributed by atoms with Gasteiger partial charge in [0.25, 0.3) is 0 Å². The van der Waals surface area contributed by atoms with Crippen molar-refractivity contribution in [2.75, 3.05) is 69.8 Å². The molecule has 2 aliphatic rings. The van der Waals surface area contributed by atoms with Crippen LogP contribution < -0.4 is 9.64 Å². The van der Waals surface area contributed by atoms with Crippen LogP contribution in [0.25, 0.3) is 33.4 Å². The zero-order chi connectivity index (χ0) is 29.4. The molecule has 8 nitrogen and oxygen atoms in total. The SMILES string of the molecule is COc1ccc(-c2cnc3cccc(-c4cc(F)c(CN5CCS(O)(O)CC5)c(F)c4)c3n2)cc1N1CCN(C)CC1. The molecular weight excluding hydrogens is 560 g/mol. The van der Waals surface area contributed by atoms with Crippen molar-refractivity contribution < 1.29 is 22.6 Å². The number of para-hydroxylation sites is 1. The molecule has 42 heavy (non-hydrogen) atoms. The third kappa shape index (κ3) is 5.93. The van der Waals surface area contributed by atoms with Gasteiger partial charge in [-0.15, -0.1) is 0 Å². The highest BCUT2D eigenvalue weighted by Crippen LogP contribution is 2.41.